The van der Waals surface area contributed by atoms with Crippen LogP contribution >= 0.6 is 12.2 Å². The fraction of sp³-hybridized carbons (Fsp3) is 0.211. The Kier molecular flexibility index (Phi) is 5.18. The number of nitrogens with zero attached hydrogens (tertiary/aromatic N) is 2. The van der Waals surface area contributed by atoms with Crippen molar-refractivity contribution in [3.63, 3.8) is 0 Å². The van der Waals surface area contributed by atoms with E-state index in [1.165, 1.54) is 0 Å². The van der Waals surface area contributed by atoms with E-state index in [1.54, 1.807) is 11.7 Å². The van der Waals surface area contributed by atoms with E-state index < -0.39 is 0 Å². The van der Waals surface area contributed by atoms with Crippen LogP contribution in [-0.4, -0.2) is 27.8 Å². The summed E-state index contributed by atoms with van der Waals surface area (Å²) in [6.45, 7) is 4.07. The van der Waals surface area contributed by atoms with Crippen LogP contribution in [-0.2, 0) is 11.3 Å². The van der Waals surface area contributed by atoms with Gasteiger partial charge in [0.1, 0.15) is 12.3 Å². The Balaban J connectivity index is 1.83. The molecule has 2 aromatic carbocycles. The molecule has 3 rings (SSSR count). The van der Waals surface area contributed by atoms with Gasteiger partial charge in [0.05, 0.1) is 7.11 Å². The van der Waals surface area contributed by atoms with E-state index in [9.17, 15) is 4.79 Å². The van der Waals surface area contributed by atoms with E-state index in [0.29, 0.717) is 10.6 Å². The van der Waals surface area contributed by atoms with Gasteiger partial charge in [-0.2, -0.15) is 5.10 Å². The van der Waals surface area contributed by atoms with Gasteiger partial charge in [-0.25, -0.2) is 0 Å². The molecule has 3 aromatic rings. The molecule has 7 heteroatoms. The van der Waals surface area contributed by atoms with Crippen LogP contribution in [0.3, 0.4) is 0 Å². The first-order valence-corrected chi connectivity index (χ1v) is 8.56. The lowest BCUT2D eigenvalue weighted by Gasteiger charge is -2.11. The fourth-order valence-corrected chi connectivity index (χ4v) is 2.84. The summed E-state index contributed by atoms with van der Waals surface area (Å²) >= 11 is 5.29. The number of aryl methyl sites for hydroxylation is 1. The molecule has 0 aliphatic rings. The smallest absolute Gasteiger partial charge is 0.244 e. The number of hydrogen-bond acceptors (Lipinski definition) is 4. The fourth-order valence-electron chi connectivity index (χ4n) is 2.64. The highest BCUT2D eigenvalue weighted by Crippen LogP contribution is 2.22. The first-order valence-electron chi connectivity index (χ1n) is 8.15. The second kappa shape index (κ2) is 7.53. The molecule has 6 nitrogen and oxygen atoms in total. The summed E-state index contributed by atoms with van der Waals surface area (Å²) in [4.78, 5) is 12.5. The summed E-state index contributed by atoms with van der Waals surface area (Å²) in [5.74, 6) is 1.20. The maximum absolute atomic E-state index is 12.5. The molecule has 0 atom stereocenters. The molecular weight excluding hydrogens is 348 g/mol. The highest BCUT2D eigenvalue weighted by molar-refractivity contribution is 7.71. The van der Waals surface area contributed by atoms with Gasteiger partial charge in [0, 0.05) is 11.3 Å². The molecule has 26 heavy (non-hydrogen) atoms. The van der Waals surface area contributed by atoms with E-state index in [2.05, 4.69) is 15.5 Å². The van der Waals surface area contributed by atoms with E-state index in [1.807, 2.05) is 56.3 Å². The minimum Gasteiger partial charge on any atom is -0.497 e. The minimum absolute atomic E-state index is 0.0735. The first kappa shape index (κ1) is 17.9. The molecule has 1 amide bonds. The Morgan fingerprint density at radius 3 is 2.65 bits per heavy atom. The molecule has 0 saturated heterocycles. The van der Waals surface area contributed by atoms with Gasteiger partial charge >= 0.3 is 0 Å². The van der Waals surface area contributed by atoms with Gasteiger partial charge in [0.15, 0.2) is 10.6 Å². The van der Waals surface area contributed by atoms with E-state index in [4.69, 9.17) is 17.0 Å². The normalized spacial score (nSPS) is 10.6. The zero-order valence-corrected chi connectivity index (χ0v) is 15.7. The number of hydrogen-bond donors (Lipinski definition) is 2. The minimum atomic E-state index is -0.161. The number of methoxy groups -OCH3 is 1. The molecule has 0 bridgehead atoms. The zero-order chi connectivity index (χ0) is 18.7. The Hall–Kier alpha value is -2.93. The van der Waals surface area contributed by atoms with Crippen molar-refractivity contribution in [1.29, 1.82) is 0 Å². The lowest BCUT2D eigenvalue weighted by Crippen LogP contribution is -2.20. The molecule has 0 aliphatic heterocycles. The van der Waals surface area contributed by atoms with Crippen molar-refractivity contribution >= 4 is 23.8 Å². The van der Waals surface area contributed by atoms with E-state index in [0.717, 1.165) is 28.1 Å². The number of amides is 1. The van der Waals surface area contributed by atoms with Crippen LogP contribution in [0.5, 0.6) is 5.75 Å². The molecule has 2 N–H and O–H groups in total. The Morgan fingerprint density at radius 2 is 1.96 bits per heavy atom. The van der Waals surface area contributed by atoms with Crippen molar-refractivity contribution in [2.45, 2.75) is 20.4 Å². The van der Waals surface area contributed by atoms with Crippen molar-refractivity contribution in [3.05, 3.63) is 58.4 Å². The predicted molar refractivity (Wildman–Crippen MR) is 104 cm³/mol. The lowest BCUT2D eigenvalue weighted by atomic mass is 10.1. The van der Waals surface area contributed by atoms with Crippen LogP contribution in [0.2, 0.25) is 0 Å². The number of carbonyl (C=O) groups is 1. The summed E-state index contributed by atoms with van der Waals surface area (Å²) in [6, 6.07) is 13.3. The Bertz CT molecular complexity index is 990. The van der Waals surface area contributed by atoms with Crippen molar-refractivity contribution in [2.75, 3.05) is 12.4 Å². The number of aromatic nitrogens is 3. The first-order chi connectivity index (χ1) is 12.5. The molecule has 0 unspecified atom stereocenters. The third kappa shape index (κ3) is 3.67. The number of aromatic amines is 1. The third-order valence-corrected chi connectivity index (χ3v) is 4.60. The van der Waals surface area contributed by atoms with Gasteiger partial charge in [-0.3, -0.25) is 14.5 Å². The number of H-pyrrole nitrogens is 1. The average Bonchev–Trinajstić information content (AvgIpc) is 2.99. The molecule has 0 radical (unpaired) electrons. The number of carbonyl (C=O) groups excluding carboxylic acids is 1. The van der Waals surface area contributed by atoms with Crippen molar-refractivity contribution in [2.24, 2.45) is 0 Å². The third-order valence-electron chi connectivity index (χ3n) is 4.29. The van der Waals surface area contributed by atoms with Gasteiger partial charge in [-0.1, -0.05) is 12.1 Å². The quantitative estimate of drug-likeness (QED) is 0.671. The van der Waals surface area contributed by atoms with Gasteiger partial charge in [0.25, 0.3) is 0 Å². The van der Waals surface area contributed by atoms with Crippen molar-refractivity contribution < 1.29 is 9.53 Å². The number of ether oxygens (including phenoxy) is 1. The SMILES string of the molecule is COc1ccc(-c2n[nH]c(=S)n2CC(=O)Nc2cccc(C)c2C)cc1. The summed E-state index contributed by atoms with van der Waals surface area (Å²) in [5, 5.41) is 9.96. The molecule has 0 spiro atoms. The largest absolute Gasteiger partial charge is 0.497 e. The van der Waals surface area contributed by atoms with Crippen LogP contribution in [0, 0.1) is 18.6 Å². The standard InChI is InChI=1S/C19H20N4O2S/c1-12-5-4-6-16(13(12)2)20-17(24)11-23-18(21-22-19(23)26)14-7-9-15(25-3)10-8-14/h4-10H,11H2,1-3H3,(H,20,24)(H,22,26). The van der Waals surface area contributed by atoms with Gasteiger partial charge < -0.3 is 10.1 Å². The number of nitrogens with one attached hydrogen (secondary N) is 2. The summed E-state index contributed by atoms with van der Waals surface area (Å²) < 4.78 is 7.25. The molecular formula is C19H20N4O2S. The summed E-state index contributed by atoms with van der Waals surface area (Å²) in [5.41, 5.74) is 3.82. The maximum Gasteiger partial charge on any atom is 0.244 e. The van der Waals surface area contributed by atoms with E-state index >= 15 is 0 Å². The molecule has 134 valence electrons. The van der Waals surface area contributed by atoms with Crippen molar-refractivity contribution in [3.8, 4) is 17.1 Å². The van der Waals surface area contributed by atoms with Gasteiger partial charge in [-0.15, -0.1) is 0 Å². The Labute approximate surface area is 156 Å². The Morgan fingerprint density at radius 1 is 1.23 bits per heavy atom. The highest BCUT2D eigenvalue weighted by atomic mass is 32.1. The average molecular weight is 368 g/mol. The van der Waals surface area contributed by atoms with Gasteiger partial charge in [-0.05, 0) is 67.5 Å². The molecule has 1 heterocycles. The van der Waals surface area contributed by atoms with Gasteiger partial charge in [0.2, 0.25) is 5.91 Å². The summed E-state index contributed by atoms with van der Waals surface area (Å²) in [6.07, 6.45) is 0. The topological polar surface area (TPSA) is 71.9 Å². The number of anilines is 1. The van der Waals surface area contributed by atoms with Crippen LogP contribution < -0.4 is 10.1 Å². The summed E-state index contributed by atoms with van der Waals surface area (Å²) in [7, 11) is 1.61. The monoisotopic (exact) mass is 368 g/mol. The predicted octanol–water partition coefficient (Wildman–Crippen LogP) is 3.87. The number of rotatable bonds is 5. The van der Waals surface area contributed by atoms with E-state index in [-0.39, 0.29) is 12.5 Å². The molecule has 1 aromatic heterocycles. The van der Waals surface area contributed by atoms with Crippen LogP contribution in [0.1, 0.15) is 11.1 Å². The van der Waals surface area contributed by atoms with Crippen LogP contribution in [0.4, 0.5) is 5.69 Å². The molecule has 0 aliphatic carbocycles. The number of benzene rings is 2. The van der Waals surface area contributed by atoms with Crippen molar-refractivity contribution in [1.82, 2.24) is 14.8 Å². The molecule has 0 fully saturated rings. The second-order valence-corrected chi connectivity index (χ2v) is 6.35. The highest BCUT2D eigenvalue weighted by Gasteiger charge is 2.13. The lowest BCUT2D eigenvalue weighted by molar-refractivity contribution is -0.116. The van der Waals surface area contributed by atoms with Crippen LogP contribution in [0.15, 0.2) is 42.5 Å². The molecule has 0 saturated carbocycles. The van der Waals surface area contributed by atoms with Crippen LogP contribution in [0.25, 0.3) is 11.4 Å². The second-order valence-electron chi connectivity index (χ2n) is 5.96. The maximum atomic E-state index is 12.5. The zero-order valence-electron chi connectivity index (χ0n) is 14.9.